The fraction of sp³-hybridized carbons (Fsp3) is 0.545. The molecule has 0 saturated heterocycles. The van der Waals surface area contributed by atoms with Crippen LogP contribution in [0.25, 0.3) is 0 Å². The maximum Gasteiger partial charge on any atom is 0.316 e. The van der Waals surface area contributed by atoms with E-state index in [2.05, 4.69) is 26.2 Å². The van der Waals surface area contributed by atoms with E-state index >= 15 is 0 Å². The first-order chi connectivity index (χ1) is 6.30. The molecule has 0 heterocycles. The summed E-state index contributed by atoms with van der Waals surface area (Å²) in [6, 6.07) is 0. The number of methoxy groups -OCH3 is 1. The fourth-order valence-corrected chi connectivity index (χ4v) is 4.11. The Morgan fingerprint density at radius 3 is 2.14 bits per heavy atom. The third-order valence-corrected chi connectivity index (χ3v) is 4.66. The van der Waals surface area contributed by atoms with Crippen molar-refractivity contribution in [3.63, 3.8) is 0 Å². The fourth-order valence-electron chi connectivity index (χ4n) is 1.89. The second-order valence-corrected chi connectivity index (χ2v) is 9.85. The van der Waals surface area contributed by atoms with Gasteiger partial charge in [0.25, 0.3) is 0 Å². The SMILES string of the molecule is C=C(C)C1=C([Si](C)(C)C)C1C(=O)OC. The van der Waals surface area contributed by atoms with Gasteiger partial charge >= 0.3 is 5.97 Å². The molecule has 0 aliphatic heterocycles. The summed E-state index contributed by atoms with van der Waals surface area (Å²) in [7, 11) is 0.0695. The van der Waals surface area contributed by atoms with Gasteiger partial charge in [0.1, 0.15) is 0 Å². The number of hydrogen-bond donors (Lipinski definition) is 0. The highest BCUT2D eigenvalue weighted by molar-refractivity contribution is 6.85. The van der Waals surface area contributed by atoms with Crippen molar-refractivity contribution in [2.75, 3.05) is 7.11 Å². The minimum absolute atomic E-state index is 0.0656. The van der Waals surface area contributed by atoms with Crippen molar-refractivity contribution in [1.82, 2.24) is 0 Å². The number of rotatable bonds is 3. The van der Waals surface area contributed by atoms with E-state index < -0.39 is 8.07 Å². The second kappa shape index (κ2) is 3.39. The minimum Gasteiger partial charge on any atom is -0.468 e. The van der Waals surface area contributed by atoms with Gasteiger partial charge in [0.05, 0.1) is 21.1 Å². The Morgan fingerprint density at radius 1 is 1.43 bits per heavy atom. The maximum absolute atomic E-state index is 11.5. The Hall–Kier alpha value is -0.833. The van der Waals surface area contributed by atoms with Crippen molar-refractivity contribution in [2.24, 2.45) is 5.92 Å². The lowest BCUT2D eigenvalue weighted by atomic mass is 10.2. The first-order valence-electron chi connectivity index (χ1n) is 4.79. The Labute approximate surface area is 86.7 Å². The Morgan fingerprint density at radius 2 is 1.93 bits per heavy atom. The lowest BCUT2D eigenvalue weighted by Crippen LogP contribution is -2.22. The molecule has 0 bridgehead atoms. The van der Waals surface area contributed by atoms with Crippen LogP contribution in [0, 0.1) is 5.92 Å². The van der Waals surface area contributed by atoms with Crippen LogP contribution in [0.4, 0.5) is 0 Å². The molecule has 0 aromatic carbocycles. The number of hydrogen-bond acceptors (Lipinski definition) is 2. The molecule has 78 valence electrons. The number of esters is 1. The van der Waals surface area contributed by atoms with Crippen LogP contribution in [0.2, 0.25) is 19.6 Å². The lowest BCUT2D eigenvalue weighted by molar-refractivity contribution is -0.141. The van der Waals surface area contributed by atoms with Crippen LogP contribution in [0.3, 0.4) is 0 Å². The third-order valence-electron chi connectivity index (χ3n) is 2.49. The van der Waals surface area contributed by atoms with Crippen molar-refractivity contribution in [3.05, 3.63) is 22.9 Å². The van der Waals surface area contributed by atoms with Gasteiger partial charge in [0, 0.05) is 0 Å². The summed E-state index contributed by atoms with van der Waals surface area (Å²) in [5, 5.41) is 1.32. The number of allylic oxidation sites excluding steroid dienone is 1. The molecule has 1 aliphatic rings. The van der Waals surface area contributed by atoms with Crippen molar-refractivity contribution in [3.8, 4) is 0 Å². The first-order valence-corrected chi connectivity index (χ1v) is 8.29. The normalized spacial score (nSPS) is 20.8. The van der Waals surface area contributed by atoms with Gasteiger partial charge in [-0.3, -0.25) is 4.79 Å². The van der Waals surface area contributed by atoms with Gasteiger partial charge in [-0.15, -0.1) is 0 Å². The summed E-state index contributed by atoms with van der Waals surface area (Å²) in [5.41, 5.74) is 2.16. The van der Waals surface area contributed by atoms with Crippen LogP contribution >= 0.6 is 0 Å². The van der Waals surface area contributed by atoms with Gasteiger partial charge in [-0.2, -0.15) is 0 Å². The molecule has 3 heteroatoms. The molecule has 1 atom stereocenters. The van der Waals surface area contributed by atoms with Crippen LogP contribution in [0.15, 0.2) is 22.9 Å². The predicted octanol–water partition coefficient (Wildman–Crippen LogP) is 2.54. The van der Waals surface area contributed by atoms with Crippen LogP contribution < -0.4 is 0 Å². The van der Waals surface area contributed by atoms with Crippen LogP contribution in [0.1, 0.15) is 6.92 Å². The highest BCUT2D eigenvalue weighted by Crippen LogP contribution is 2.49. The smallest absolute Gasteiger partial charge is 0.316 e. The lowest BCUT2D eigenvalue weighted by Gasteiger charge is -2.12. The maximum atomic E-state index is 11.5. The van der Waals surface area contributed by atoms with Crippen LogP contribution in [-0.4, -0.2) is 21.2 Å². The molecule has 0 aromatic heterocycles. The van der Waals surface area contributed by atoms with E-state index in [1.807, 2.05) is 6.92 Å². The summed E-state index contributed by atoms with van der Waals surface area (Å²) in [5.74, 6) is -0.190. The highest BCUT2D eigenvalue weighted by Gasteiger charge is 2.49. The molecule has 2 nitrogen and oxygen atoms in total. The Kier molecular flexibility index (Phi) is 2.72. The summed E-state index contributed by atoms with van der Waals surface area (Å²) >= 11 is 0. The molecule has 1 unspecified atom stereocenters. The average molecular weight is 210 g/mol. The van der Waals surface area contributed by atoms with Gasteiger partial charge in [-0.25, -0.2) is 0 Å². The molecule has 0 spiro atoms. The zero-order valence-corrected chi connectivity index (χ0v) is 10.6. The van der Waals surface area contributed by atoms with Gasteiger partial charge in [0.15, 0.2) is 0 Å². The van der Waals surface area contributed by atoms with Crippen molar-refractivity contribution >= 4 is 14.0 Å². The molecule has 0 fully saturated rings. The van der Waals surface area contributed by atoms with E-state index in [0.717, 1.165) is 11.1 Å². The molecular weight excluding hydrogens is 192 g/mol. The molecule has 1 rings (SSSR count). The molecule has 1 aliphatic carbocycles. The zero-order valence-electron chi connectivity index (χ0n) is 9.60. The molecule has 0 radical (unpaired) electrons. The van der Waals surface area contributed by atoms with Crippen molar-refractivity contribution in [2.45, 2.75) is 26.6 Å². The van der Waals surface area contributed by atoms with Crippen molar-refractivity contribution < 1.29 is 9.53 Å². The van der Waals surface area contributed by atoms with E-state index in [0.29, 0.717) is 0 Å². The first kappa shape index (κ1) is 11.2. The standard InChI is InChI=1S/C11H18O2Si/c1-7(2)8-9(11(12)13-3)10(8)14(4,5)6/h9H,1H2,2-6H3. The second-order valence-electron chi connectivity index (χ2n) is 4.81. The molecular formula is C11H18O2Si. The average Bonchev–Trinajstić information content (AvgIpc) is 2.76. The topological polar surface area (TPSA) is 26.3 Å². The van der Waals surface area contributed by atoms with E-state index in [1.54, 1.807) is 0 Å². The molecule has 0 saturated carbocycles. The van der Waals surface area contributed by atoms with Crippen LogP contribution in [-0.2, 0) is 9.53 Å². The number of carbonyl (C=O) groups excluding carboxylic acids is 1. The molecule has 0 aromatic rings. The van der Waals surface area contributed by atoms with Crippen LogP contribution in [0.5, 0.6) is 0 Å². The minimum atomic E-state index is -1.37. The van der Waals surface area contributed by atoms with E-state index in [-0.39, 0.29) is 11.9 Å². The van der Waals surface area contributed by atoms with Gasteiger partial charge in [-0.1, -0.05) is 37.0 Å². The third kappa shape index (κ3) is 1.82. The van der Waals surface area contributed by atoms with Gasteiger partial charge in [0.2, 0.25) is 0 Å². The number of ether oxygens (including phenoxy) is 1. The van der Waals surface area contributed by atoms with Crippen molar-refractivity contribution in [1.29, 1.82) is 0 Å². The molecule has 14 heavy (non-hydrogen) atoms. The molecule has 0 amide bonds. The van der Waals surface area contributed by atoms with Gasteiger partial charge in [-0.05, 0) is 12.5 Å². The Balaban J connectivity index is 2.92. The largest absolute Gasteiger partial charge is 0.468 e. The highest BCUT2D eigenvalue weighted by atomic mass is 28.3. The van der Waals surface area contributed by atoms with E-state index in [1.165, 1.54) is 12.3 Å². The zero-order chi connectivity index (χ0) is 11.1. The van der Waals surface area contributed by atoms with Gasteiger partial charge < -0.3 is 4.74 Å². The van der Waals surface area contributed by atoms with E-state index in [4.69, 9.17) is 4.74 Å². The number of carbonyl (C=O) groups is 1. The Bertz CT molecular complexity index is 321. The predicted molar refractivity (Wildman–Crippen MR) is 60.7 cm³/mol. The summed E-state index contributed by atoms with van der Waals surface area (Å²) in [4.78, 5) is 11.5. The molecule has 0 N–H and O–H groups in total. The van der Waals surface area contributed by atoms with E-state index in [9.17, 15) is 4.79 Å². The summed E-state index contributed by atoms with van der Waals surface area (Å²) in [6.07, 6.45) is 0. The quantitative estimate of drug-likeness (QED) is 0.528. The summed E-state index contributed by atoms with van der Waals surface area (Å²) in [6.45, 7) is 12.6. The summed E-state index contributed by atoms with van der Waals surface area (Å²) < 4.78 is 4.78. The monoisotopic (exact) mass is 210 g/mol.